The van der Waals surface area contributed by atoms with E-state index in [1.54, 1.807) is 0 Å². The first kappa shape index (κ1) is 14.5. The van der Waals surface area contributed by atoms with Crippen molar-refractivity contribution >= 4 is 5.91 Å². The zero-order valence-electron chi connectivity index (χ0n) is 11.5. The van der Waals surface area contributed by atoms with Crippen molar-refractivity contribution in [1.82, 2.24) is 5.32 Å². The number of rotatable bonds is 5. The maximum absolute atomic E-state index is 12.2. The summed E-state index contributed by atoms with van der Waals surface area (Å²) in [7, 11) is 0. The second-order valence-electron chi connectivity index (χ2n) is 5.27. The van der Waals surface area contributed by atoms with Gasteiger partial charge >= 0.3 is 0 Å². The first-order valence-corrected chi connectivity index (χ1v) is 7.12. The third-order valence-electron chi connectivity index (χ3n) is 3.88. The lowest BCUT2D eigenvalue weighted by Gasteiger charge is -2.22. The molecule has 0 radical (unpaired) electrons. The zero-order chi connectivity index (χ0) is 14.4. The molecule has 4 heteroatoms. The Labute approximate surface area is 119 Å². The Hall–Kier alpha value is -1.86. The van der Waals surface area contributed by atoms with Gasteiger partial charge in [-0.3, -0.25) is 4.79 Å². The highest BCUT2D eigenvalue weighted by molar-refractivity contribution is 5.80. The summed E-state index contributed by atoms with van der Waals surface area (Å²) in [5, 5.41) is 21.5. The van der Waals surface area contributed by atoms with E-state index in [-0.39, 0.29) is 17.9 Å². The lowest BCUT2D eigenvalue weighted by atomic mass is 9.99. The van der Waals surface area contributed by atoms with Crippen LogP contribution in [0.2, 0.25) is 0 Å². The molecule has 1 aliphatic carbocycles. The summed E-state index contributed by atoms with van der Waals surface area (Å²) in [6.07, 6.45) is 2.80. The van der Waals surface area contributed by atoms with Crippen molar-refractivity contribution < 1.29 is 9.90 Å². The molecule has 2 N–H and O–H groups in total. The molecule has 0 aromatic heterocycles. The minimum absolute atomic E-state index is 0.0956. The fourth-order valence-corrected chi connectivity index (χ4v) is 2.74. The molecule has 1 aliphatic rings. The molecule has 1 saturated carbocycles. The van der Waals surface area contributed by atoms with Crippen LogP contribution in [0.4, 0.5) is 0 Å². The van der Waals surface area contributed by atoms with Crippen molar-refractivity contribution in [3.63, 3.8) is 0 Å². The number of aliphatic hydroxyl groups excluding tert-OH is 1. The molecule has 3 unspecified atom stereocenters. The highest BCUT2D eigenvalue weighted by atomic mass is 16.3. The van der Waals surface area contributed by atoms with Crippen molar-refractivity contribution in [1.29, 1.82) is 5.26 Å². The van der Waals surface area contributed by atoms with Crippen LogP contribution in [0.25, 0.3) is 0 Å². The zero-order valence-corrected chi connectivity index (χ0v) is 11.5. The molecular weight excluding hydrogens is 252 g/mol. The molecule has 0 saturated heterocycles. The van der Waals surface area contributed by atoms with Crippen LogP contribution in [0.3, 0.4) is 0 Å². The molecule has 106 valence electrons. The fourth-order valence-electron chi connectivity index (χ4n) is 2.74. The largest absolute Gasteiger partial charge is 0.392 e. The van der Waals surface area contributed by atoms with Gasteiger partial charge in [0.05, 0.1) is 24.1 Å². The van der Waals surface area contributed by atoms with E-state index in [0.29, 0.717) is 19.3 Å². The molecule has 1 fully saturated rings. The molecule has 1 aromatic carbocycles. The minimum atomic E-state index is -0.526. The van der Waals surface area contributed by atoms with Crippen LogP contribution in [0.15, 0.2) is 30.3 Å². The predicted octanol–water partition coefficient (Wildman–Crippen LogP) is 2.31. The van der Waals surface area contributed by atoms with Crippen molar-refractivity contribution in [2.45, 2.75) is 44.2 Å². The number of nitrogens with one attached hydrogen (secondary N) is 1. The molecule has 2 rings (SSSR count). The van der Waals surface area contributed by atoms with Gasteiger partial charge < -0.3 is 10.4 Å². The quantitative estimate of drug-likeness (QED) is 0.864. The lowest BCUT2D eigenvalue weighted by Crippen LogP contribution is -2.37. The molecule has 0 aliphatic heterocycles. The van der Waals surface area contributed by atoms with E-state index >= 15 is 0 Å². The smallest absolute Gasteiger partial charge is 0.226 e. The van der Waals surface area contributed by atoms with E-state index in [2.05, 4.69) is 11.4 Å². The highest BCUT2D eigenvalue weighted by Gasteiger charge is 2.32. The lowest BCUT2D eigenvalue weighted by molar-refractivity contribution is -0.128. The van der Waals surface area contributed by atoms with E-state index in [1.807, 2.05) is 30.3 Å². The SMILES string of the molecule is N#CCCC(NC(=O)C1CCCC1O)c1ccccc1. The summed E-state index contributed by atoms with van der Waals surface area (Å²) in [6, 6.07) is 11.6. The summed E-state index contributed by atoms with van der Waals surface area (Å²) in [5.41, 5.74) is 1.00. The van der Waals surface area contributed by atoms with Crippen LogP contribution in [0.1, 0.15) is 43.7 Å². The molecular formula is C16H20N2O2. The molecule has 1 amide bonds. The van der Waals surface area contributed by atoms with Crippen molar-refractivity contribution in [2.24, 2.45) is 5.92 Å². The molecule has 1 aromatic rings. The summed E-state index contributed by atoms with van der Waals surface area (Å²) in [5.74, 6) is -0.398. The Morgan fingerprint density at radius 2 is 2.15 bits per heavy atom. The molecule has 0 bridgehead atoms. The van der Waals surface area contributed by atoms with Crippen molar-refractivity contribution in [2.75, 3.05) is 0 Å². The summed E-state index contributed by atoms with van der Waals surface area (Å²) in [4.78, 5) is 12.2. The van der Waals surface area contributed by atoms with Gasteiger partial charge in [0.2, 0.25) is 5.91 Å². The van der Waals surface area contributed by atoms with E-state index in [4.69, 9.17) is 5.26 Å². The van der Waals surface area contributed by atoms with E-state index < -0.39 is 6.10 Å². The number of nitriles is 1. The van der Waals surface area contributed by atoms with Crippen LogP contribution in [0, 0.1) is 17.2 Å². The second kappa shape index (κ2) is 7.06. The number of carbonyl (C=O) groups excluding carboxylic acids is 1. The van der Waals surface area contributed by atoms with Gasteiger partial charge in [0.25, 0.3) is 0 Å². The number of nitrogens with zero attached hydrogens (tertiary/aromatic N) is 1. The molecule has 20 heavy (non-hydrogen) atoms. The molecule has 3 atom stereocenters. The fraction of sp³-hybridized carbons (Fsp3) is 0.500. The van der Waals surface area contributed by atoms with Gasteiger partial charge in [0, 0.05) is 6.42 Å². The van der Waals surface area contributed by atoms with E-state index in [0.717, 1.165) is 18.4 Å². The summed E-state index contributed by atoms with van der Waals surface area (Å²) in [6.45, 7) is 0. The van der Waals surface area contributed by atoms with Gasteiger partial charge in [-0.15, -0.1) is 0 Å². The maximum Gasteiger partial charge on any atom is 0.226 e. The van der Waals surface area contributed by atoms with E-state index in [9.17, 15) is 9.90 Å². The Bertz CT molecular complexity index is 481. The number of carbonyl (C=O) groups is 1. The summed E-state index contributed by atoms with van der Waals surface area (Å²) >= 11 is 0. The van der Waals surface area contributed by atoms with Crippen LogP contribution < -0.4 is 5.32 Å². The molecule has 4 nitrogen and oxygen atoms in total. The van der Waals surface area contributed by atoms with Crippen LogP contribution in [-0.2, 0) is 4.79 Å². The standard InChI is InChI=1S/C16H20N2O2/c17-11-5-9-14(12-6-2-1-3-7-12)18-16(20)13-8-4-10-15(13)19/h1-3,6-7,13-15,19H,4-5,8-10H2,(H,18,20). The Balaban J connectivity index is 2.04. The van der Waals surface area contributed by atoms with Gasteiger partial charge in [-0.05, 0) is 31.2 Å². The monoisotopic (exact) mass is 272 g/mol. The topological polar surface area (TPSA) is 73.1 Å². The average molecular weight is 272 g/mol. The number of amides is 1. The van der Waals surface area contributed by atoms with Gasteiger partial charge in [0.15, 0.2) is 0 Å². The van der Waals surface area contributed by atoms with Gasteiger partial charge in [-0.25, -0.2) is 0 Å². The Morgan fingerprint density at radius 1 is 1.40 bits per heavy atom. The number of aliphatic hydroxyl groups is 1. The Kier molecular flexibility index (Phi) is 5.14. The first-order valence-electron chi connectivity index (χ1n) is 7.12. The van der Waals surface area contributed by atoms with Gasteiger partial charge in [0.1, 0.15) is 0 Å². The Morgan fingerprint density at radius 3 is 2.75 bits per heavy atom. The van der Waals surface area contributed by atoms with Crippen molar-refractivity contribution in [3.8, 4) is 6.07 Å². The molecule has 0 spiro atoms. The van der Waals surface area contributed by atoms with Gasteiger partial charge in [-0.1, -0.05) is 30.3 Å². The van der Waals surface area contributed by atoms with Crippen LogP contribution in [0.5, 0.6) is 0 Å². The number of hydrogen-bond donors (Lipinski definition) is 2. The van der Waals surface area contributed by atoms with E-state index in [1.165, 1.54) is 0 Å². The second-order valence-corrected chi connectivity index (χ2v) is 5.27. The first-order chi connectivity index (χ1) is 9.72. The van der Waals surface area contributed by atoms with Crippen LogP contribution >= 0.6 is 0 Å². The third kappa shape index (κ3) is 3.58. The number of hydrogen-bond acceptors (Lipinski definition) is 3. The average Bonchev–Trinajstić information content (AvgIpc) is 2.90. The highest BCUT2D eigenvalue weighted by Crippen LogP contribution is 2.27. The predicted molar refractivity (Wildman–Crippen MR) is 75.5 cm³/mol. The van der Waals surface area contributed by atoms with Crippen molar-refractivity contribution in [3.05, 3.63) is 35.9 Å². The van der Waals surface area contributed by atoms with Gasteiger partial charge in [-0.2, -0.15) is 5.26 Å². The normalized spacial score (nSPS) is 23.0. The molecule has 0 heterocycles. The maximum atomic E-state index is 12.2. The summed E-state index contributed by atoms with van der Waals surface area (Å²) < 4.78 is 0. The van der Waals surface area contributed by atoms with Crippen LogP contribution in [-0.4, -0.2) is 17.1 Å². The number of benzene rings is 1. The minimum Gasteiger partial charge on any atom is -0.392 e. The third-order valence-corrected chi connectivity index (χ3v) is 3.88.